The predicted octanol–water partition coefficient (Wildman–Crippen LogP) is 1.00. The summed E-state index contributed by atoms with van der Waals surface area (Å²) in [4.78, 5) is 11.2. The number of aromatic nitrogens is 2. The second-order valence-electron chi connectivity index (χ2n) is 3.16. The molecule has 6 heteroatoms. The summed E-state index contributed by atoms with van der Waals surface area (Å²) in [5.41, 5.74) is 0.331. The van der Waals surface area contributed by atoms with Crippen LogP contribution >= 0.6 is 11.8 Å². The van der Waals surface area contributed by atoms with Crippen LogP contribution in [0, 0.1) is 0 Å². The quantitative estimate of drug-likeness (QED) is 0.726. The molecule has 16 heavy (non-hydrogen) atoms. The van der Waals surface area contributed by atoms with Crippen molar-refractivity contribution in [3.63, 3.8) is 0 Å². The van der Waals surface area contributed by atoms with E-state index in [-0.39, 0.29) is 5.91 Å². The zero-order valence-corrected chi connectivity index (χ0v) is 10.3. The highest BCUT2D eigenvalue weighted by Crippen LogP contribution is 2.03. The van der Waals surface area contributed by atoms with E-state index in [4.69, 9.17) is 0 Å². The van der Waals surface area contributed by atoms with Gasteiger partial charge in [0.25, 0.3) is 5.91 Å². The van der Waals surface area contributed by atoms with Crippen molar-refractivity contribution in [1.82, 2.24) is 15.5 Å². The minimum Gasteiger partial charge on any atom is -0.369 e. The Labute approximate surface area is 99.4 Å². The Morgan fingerprint density at radius 1 is 1.44 bits per heavy atom. The first kappa shape index (κ1) is 12.8. The minimum atomic E-state index is -0.221. The second kappa shape index (κ2) is 7.05. The van der Waals surface area contributed by atoms with Gasteiger partial charge in [-0.25, -0.2) is 0 Å². The fourth-order valence-electron chi connectivity index (χ4n) is 1.11. The lowest BCUT2D eigenvalue weighted by Crippen LogP contribution is -2.19. The van der Waals surface area contributed by atoms with Crippen molar-refractivity contribution >= 4 is 23.5 Å². The number of hydrogen-bond donors (Lipinski definition) is 2. The van der Waals surface area contributed by atoms with Gasteiger partial charge in [0.1, 0.15) is 5.82 Å². The third-order valence-electron chi connectivity index (χ3n) is 1.96. The summed E-state index contributed by atoms with van der Waals surface area (Å²) in [5.74, 6) is 1.60. The van der Waals surface area contributed by atoms with Crippen LogP contribution in [0.5, 0.6) is 0 Å². The number of hydrogen-bond acceptors (Lipinski definition) is 5. The summed E-state index contributed by atoms with van der Waals surface area (Å²) >= 11 is 1.82. The molecule has 0 radical (unpaired) electrons. The van der Waals surface area contributed by atoms with E-state index in [0.29, 0.717) is 11.5 Å². The summed E-state index contributed by atoms with van der Waals surface area (Å²) in [6, 6.07) is 3.42. The molecule has 0 spiro atoms. The number of carbonyl (C=O) groups excluding carboxylic acids is 1. The van der Waals surface area contributed by atoms with E-state index in [1.165, 1.54) is 0 Å². The molecule has 0 saturated carbocycles. The number of nitrogens with one attached hydrogen (secondary N) is 2. The van der Waals surface area contributed by atoms with Gasteiger partial charge < -0.3 is 10.6 Å². The van der Waals surface area contributed by atoms with Crippen LogP contribution < -0.4 is 10.6 Å². The van der Waals surface area contributed by atoms with E-state index < -0.39 is 0 Å². The maximum absolute atomic E-state index is 11.2. The smallest absolute Gasteiger partial charge is 0.271 e. The van der Waals surface area contributed by atoms with Crippen molar-refractivity contribution in [2.45, 2.75) is 6.42 Å². The molecule has 0 atom stereocenters. The number of carbonyl (C=O) groups is 1. The first-order valence-corrected chi connectivity index (χ1v) is 6.46. The van der Waals surface area contributed by atoms with E-state index >= 15 is 0 Å². The van der Waals surface area contributed by atoms with Crippen LogP contribution in [0.25, 0.3) is 0 Å². The first-order chi connectivity index (χ1) is 7.77. The average Bonchev–Trinajstić information content (AvgIpc) is 2.34. The molecule has 0 saturated heterocycles. The monoisotopic (exact) mass is 240 g/mol. The zero-order chi connectivity index (χ0) is 11.8. The maximum atomic E-state index is 11.2. The van der Waals surface area contributed by atoms with Crippen LogP contribution in [0.15, 0.2) is 12.1 Å². The highest BCUT2D eigenvalue weighted by Gasteiger charge is 2.04. The molecule has 0 fully saturated rings. The summed E-state index contributed by atoms with van der Waals surface area (Å²) < 4.78 is 0. The number of anilines is 1. The van der Waals surface area contributed by atoms with Crippen molar-refractivity contribution < 1.29 is 4.79 Å². The average molecular weight is 240 g/mol. The summed E-state index contributed by atoms with van der Waals surface area (Å²) in [5, 5.41) is 13.4. The molecule has 2 N–H and O–H groups in total. The van der Waals surface area contributed by atoms with E-state index in [9.17, 15) is 4.79 Å². The van der Waals surface area contributed by atoms with Crippen molar-refractivity contribution in [3.05, 3.63) is 17.8 Å². The first-order valence-electron chi connectivity index (χ1n) is 5.06. The fourth-order valence-corrected chi connectivity index (χ4v) is 1.54. The van der Waals surface area contributed by atoms with Crippen LogP contribution in [0.2, 0.25) is 0 Å². The van der Waals surface area contributed by atoms with Crippen molar-refractivity contribution in [3.8, 4) is 0 Å². The zero-order valence-electron chi connectivity index (χ0n) is 9.49. The molecule has 1 rings (SSSR count). The molecule has 5 nitrogen and oxygen atoms in total. The molecule has 1 aromatic rings. The van der Waals surface area contributed by atoms with E-state index in [0.717, 1.165) is 18.7 Å². The fraction of sp³-hybridized carbons (Fsp3) is 0.500. The Morgan fingerprint density at radius 2 is 2.25 bits per heavy atom. The molecule has 0 aromatic carbocycles. The van der Waals surface area contributed by atoms with Gasteiger partial charge in [-0.1, -0.05) is 0 Å². The van der Waals surface area contributed by atoms with E-state index in [1.807, 2.05) is 11.8 Å². The van der Waals surface area contributed by atoms with Crippen molar-refractivity contribution in [1.29, 1.82) is 0 Å². The maximum Gasteiger partial charge on any atom is 0.271 e. The lowest BCUT2D eigenvalue weighted by atomic mass is 10.3. The number of rotatable bonds is 6. The van der Waals surface area contributed by atoms with Gasteiger partial charge in [-0.15, -0.1) is 10.2 Å². The van der Waals surface area contributed by atoms with Gasteiger partial charge in [-0.2, -0.15) is 11.8 Å². The predicted molar refractivity (Wildman–Crippen MR) is 66.9 cm³/mol. The van der Waals surface area contributed by atoms with E-state index in [2.05, 4.69) is 27.1 Å². The standard InChI is InChI=1S/C10H16N4OS/c1-11-10(15)8-4-5-9(14-13-8)12-6-3-7-16-2/h4-5H,3,6-7H2,1-2H3,(H,11,15)(H,12,14). The Balaban J connectivity index is 2.42. The Bertz CT molecular complexity index is 328. The van der Waals surface area contributed by atoms with Gasteiger partial charge in [-0.3, -0.25) is 4.79 Å². The van der Waals surface area contributed by atoms with Gasteiger partial charge in [-0.05, 0) is 30.6 Å². The minimum absolute atomic E-state index is 0.221. The normalized spacial score (nSPS) is 9.88. The van der Waals surface area contributed by atoms with Gasteiger partial charge in [0.05, 0.1) is 0 Å². The van der Waals surface area contributed by atoms with Crippen LogP contribution in [0.4, 0.5) is 5.82 Å². The highest BCUT2D eigenvalue weighted by molar-refractivity contribution is 7.98. The molecule has 0 unspecified atom stereocenters. The van der Waals surface area contributed by atoms with Crippen LogP contribution in [0.1, 0.15) is 16.9 Å². The molecule has 1 heterocycles. The lowest BCUT2D eigenvalue weighted by Gasteiger charge is -2.04. The molecule has 0 bridgehead atoms. The molecule has 0 aliphatic rings. The van der Waals surface area contributed by atoms with Gasteiger partial charge >= 0.3 is 0 Å². The van der Waals surface area contributed by atoms with Crippen LogP contribution in [-0.2, 0) is 0 Å². The summed E-state index contributed by atoms with van der Waals surface area (Å²) in [7, 11) is 1.57. The lowest BCUT2D eigenvalue weighted by molar-refractivity contribution is 0.0957. The summed E-state index contributed by atoms with van der Waals surface area (Å²) in [6.07, 6.45) is 3.16. The number of thioether (sulfide) groups is 1. The van der Waals surface area contributed by atoms with Crippen LogP contribution in [-0.4, -0.2) is 41.7 Å². The molecular weight excluding hydrogens is 224 g/mol. The van der Waals surface area contributed by atoms with Crippen molar-refractivity contribution in [2.24, 2.45) is 0 Å². The van der Waals surface area contributed by atoms with E-state index in [1.54, 1.807) is 19.2 Å². The molecular formula is C10H16N4OS. The molecule has 1 amide bonds. The summed E-state index contributed by atoms with van der Waals surface area (Å²) in [6.45, 7) is 0.870. The Morgan fingerprint density at radius 3 is 2.81 bits per heavy atom. The van der Waals surface area contributed by atoms with Gasteiger partial charge in [0, 0.05) is 13.6 Å². The molecule has 88 valence electrons. The highest BCUT2D eigenvalue weighted by atomic mass is 32.2. The Kier molecular flexibility index (Phi) is 5.63. The molecule has 0 aliphatic heterocycles. The number of nitrogens with zero attached hydrogens (tertiary/aromatic N) is 2. The molecule has 0 aliphatic carbocycles. The second-order valence-corrected chi connectivity index (χ2v) is 4.14. The topological polar surface area (TPSA) is 66.9 Å². The van der Waals surface area contributed by atoms with Crippen LogP contribution in [0.3, 0.4) is 0 Å². The largest absolute Gasteiger partial charge is 0.369 e. The van der Waals surface area contributed by atoms with Gasteiger partial charge in [0.15, 0.2) is 5.69 Å². The van der Waals surface area contributed by atoms with Crippen molar-refractivity contribution in [2.75, 3.05) is 30.9 Å². The third kappa shape index (κ3) is 4.06. The van der Waals surface area contributed by atoms with Gasteiger partial charge in [0.2, 0.25) is 0 Å². The third-order valence-corrected chi connectivity index (χ3v) is 2.65. The molecule has 1 aromatic heterocycles. The Hall–Kier alpha value is -1.30. The number of amides is 1. The SMILES string of the molecule is CNC(=O)c1ccc(NCCCSC)nn1.